The minimum atomic E-state index is -3.93. The lowest BCUT2D eigenvalue weighted by Gasteiger charge is -2.17. The molecule has 0 fully saturated rings. The molecule has 0 aliphatic carbocycles. The Kier molecular flexibility index (Phi) is 14.7. The summed E-state index contributed by atoms with van der Waals surface area (Å²) in [5.74, 6) is -0.653. The summed E-state index contributed by atoms with van der Waals surface area (Å²) in [6.07, 6.45) is 14.0. The number of carboxylic acid groups (broad SMARTS) is 1. The van der Waals surface area contributed by atoms with E-state index in [1.165, 1.54) is 66.0 Å². The Morgan fingerprint density at radius 1 is 0.911 bits per heavy atom. The first-order chi connectivity index (χ1) is 21.6. The number of nitro benzene ring substituents is 1. The van der Waals surface area contributed by atoms with Gasteiger partial charge in [-0.1, -0.05) is 70.6 Å². The van der Waals surface area contributed by atoms with Gasteiger partial charge in [-0.2, -0.15) is 4.68 Å². The van der Waals surface area contributed by atoms with Crippen molar-refractivity contribution in [3.8, 4) is 11.4 Å². The zero-order valence-electron chi connectivity index (χ0n) is 25.6. The molecule has 2 aromatic carbocycles. The number of carbonyl (C=O) groups is 1. The van der Waals surface area contributed by atoms with Gasteiger partial charge in [0, 0.05) is 26.1 Å². The second-order valence-corrected chi connectivity index (χ2v) is 14.0. The van der Waals surface area contributed by atoms with Crippen LogP contribution in [0.5, 0.6) is 5.75 Å². The largest absolute Gasteiger partial charge is 0.508 e. The van der Waals surface area contributed by atoms with Gasteiger partial charge in [0.25, 0.3) is 5.69 Å². The van der Waals surface area contributed by atoms with Gasteiger partial charge >= 0.3 is 5.97 Å². The Morgan fingerprint density at radius 2 is 1.47 bits per heavy atom. The first-order valence-electron chi connectivity index (χ1n) is 15.3. The van der Waals surface area contributed by atoms with Gasteiger partial charge in [-0.3, -0.25) is 14.9 Å². The van der Waals surface area contributed by atoms with E-state index in [1.54, 1.807) is 12.1 Å². The molecular weight excluding hydrogens is 620 g/mol. The van der Waals surface area contributed by atoms with E-state index in [0.717, 1.165) is 69.2 Å². The lowest BCUT2D eigenvalue weighted by molar-refractivity contribution is -0.388. The third kappa shape index (κ3) is 11.7. The smallest absolute Gasteiger partial charge is 0.303 e. The number of aliphatic carboxylic acids is 1. The highest BCUT2D eigenvalue weighted by molar-refractivity contribution is 7.99. The molecule has 0 aliphatic rings. The number of rotatable bonds is 22. The fourth-order valence-electron chi connectivity index (χ4n) is 4.84. The molecule has 1 heterocycles. The molecule has 0 atom stereocenters. The Bertz CT molecular complexity index is 1480. The molecule has 0 unspecified atom stereocenters. The Balaban J connectivity index is 1.41. The van der Waals surface area contributed by atoms with E-state index in [4.69, 9.17) is 5.11 Å². The molecule has 1 aromatic heterocycles. The first-order valence-corrected chi connectivity index (χ1v) is 17.6. The SMILES string of the molecule is CN(CCCCCCCCCCCCCCCC(=O)O)S(=O)(=O)c1ccc(Sc2nnnn2-c2ccc(O)cc2)c([N+](=O)[O-])c1. The van der Waals surface area contributed by atoms with E-state index >= 15 is 0 Å². The van der Waals surface area contributed by atoms with Gasteiger partial charge in [0.15, 0.2) is 0 Å². The van der Waals surface area contributed by atoms with Crippen molar-refractivity contribution in [2.75, 3.05) is 13.6 Å². The van der Waals surface area contributed by atoms with Gasteiger partial charge in [-0.15, -0.1) is 5.10 Å². The summed E-state index contributed by atoms with van der Waals surface area (Å²) in [4.78, 5) is 21.8. The predicted molar refractivity (Wildman–Crippen MR) is 170 cm³/mol. The van der Waals surface area contributed by atoms with Crippen LogP contribution in [0.3, 0.4) is 0 Å². The zero-order chi connectivity index (χ0) is 32.7. The number of tetrazole rings is 1. The number of benzene rings is 2. The monoisotopic (exact) mass is 662 g/mol. The molecule has 3 rings (SSSR count). The molecule has 246 valence electrons. The van der Waals surface area contributed by atoms with E-state index in [2.05, 4.69) is 15.5 Å². The van der Waals surface area contributed by atoms with E-state index < -0.39 is 20.9 Å². The van der Waals surface area contributed by atoms with Crippen LogP contribution in [-0.4, -0.2) is 67.6 Å². The Hall–Kier alpha value is -3.56. The molecule has 0 bridgehead atoms. The van der Waals surface area contributed by atoms with Crippen LogP contribution in [0.4, 0.5) is 5.69 Å². The minimum Gasteiger partial charge on any atom is -0.508 e. The zero-order valence-corrected chi connectivity index (χ0v) is 27.2. The second kappa shape index (κ2) is 18.4. The van der Waals surface area contributed by atoms with Gasteiger partial charge in [0.1, 0.15) is 5.75 Å². The molecule has 0 saturated heterocycles. The number of hydrogen-bond acceptors (Lipinski definition) is 10. The highest BCUT2D eigenvalue weighted by Gasteiger charge is 2.26. The van der Waals surface area contributed by atoms with Gasteiger partial charge in [-0.25, -0.2) is 12.7 Å². The standard InChI is InChI=1S/C30H42N6O7S2/c1-34(22-14-12-10-8-6-4-2-3-5-7-9-11-13-15-29(38)39)45(42,43)26-20-21-28(27(23-26)36(40)41)44-30-31-32-33-35(30)24-16-18-25(37)19-17-24/h16-21,23,37H,2-15,22H2,1H3,(H,38,39). The van der Waals surface area contributed by atoms with Gasteiger partial charge in [0.05, 0.1) is 20.4 Å². The van der Waals surface area contributed by atoms with Gasteiger partial charge in [0.2, 0.25) is 15.2 Å². The number of carboxylic acids is 1. The average Bonchev–Trinajstić information content (AvgIpc) is 3.47. The quantitative estimate of drug-likeness (QED) is 0.0672. The number of sulfonamides is 1. The highest BCUT2D eigenvalue weighted by atomic mass is 32.2. The van der Waals surface area contributed by atoms with Crippen molar-refractivity contribution in [3.05, 3.63) is 52.6 Å². The summed E-state index contributed by atoms with van der Waals surface area (Å²) in [6, 6.07) is 9.94. The average molecular weight is 663 g/mol. The molecule has 13 nitrogen and oxygen atoms in total. The van der Waals surface area contributed by atoms with Crippen LogP contribution in [0.1, 0.15) is 89.9 Å². The van der Waals surface area contributed by atoms with Crippen molar-refractivity contribution in [3.63, 3.8) is 0 Å². The number of hydrogen-bond donors (Lipinski definition) is 2. The van der Waals surface area contributed by atoms with Crippen LogP contribution >= 0.6 is 11.8 Å². The van der Waals surface area contributed by atoms with Crippen molar-refractivity contribution < 1.29 is 28.3 Å². The van der Waals surface area contributed by atoms with Crippen molar-refractivity contribution >= 4 is 33.4 Å². The lowest BCUT2D eigenvalue weighted by atomic mass is 10.0. The normalized spacial score (nSPS) is 11.7. The molecule has 0 amide bonds. The van der Waals surface area contributed by atoms with Crippen molar-refractivity contribution in [2.24, 2.45) is 0 Å². The molecule has 15 heteroatoms. The first kappa shape index (κ1) is 35.9. The number of aromatic nitrogens is 4. The van der Waals surface area contributed by atoms with Gasteiger partial charge < -0.3 is 10.2 Å². The summed E-state index contributed by atoms with van der Waals surface area (Å²) in [5, 5.41) is 41.8. The van der Waals surface area contributed by atoms with Crippen LogP contribution < -0.4 is 0 Å². The third-order valence-electron chi connectivity index (χ3n) is 7.44. The van der Waals surface area contributed by atoms with Crippen molar-refractivity contribution in [1.82, 2.24) is 24.5 Å². The summed E-state index contributed by atoms with van der Waals surface area (Å²) >= 11 is 0.933. The molecule has 0 spiro atoms. The second-order valence-electron chi connectivity index (χ2n) is 10.9. The maximum Gasteiger partial charge on any atom is 0.303 e. The van der Waals surface area contributed by atoms with Crippen molar-refractivity contribution in [2.45, 2.75) is 105 Å². The van der Waals surface area contributed by atoms with Gasteiger partial charge in [-0.05, 0) is 71.4 Å². The fourth-order valence-corrected chi connectivity index (χ4v) is 6.95. The molecular formula is C30H42N6O7S2. The summed E-state index contributed by atoms with van der Waals surface area (Å²) in [5.41, 5.74) is 0.170. The molecule has 0 radical (unpaired) electrons. The van der Waals surface area contributed by atoms with Crippen LogP contribution in [0, 0.1) is 10.1 Å². The molecule has 0 aliphatic heterocycles. The van der Waals surface area contributed by atoms with Crippen LogP contribution in [-0.2, 0) is 14.8 Å². The molecule has 3 aromatic rings. The fraction of sp³-hybridized carbons (Fsp3) is 0.533. The number of unbranched alkanes of at least 4 members (excludes halogenated alkanes) is 12. The highest BCUT2D eigenvalue weighted by Crippen LogP contribution is 2.36. The van der Waals surface area contributed by atoms with E-state index in [1.807, 2.05) is 0 Å². The number of phenols is 1. The molecule has 0 saturated carbocycles. The number of aromatic hydroxyl groups is 1. The van der Waals surface area contributed by atoms with Crippen LogP contribution in [0.15, 0.2) is 57.4 Å². The maximum atomic E-state index is 13.2. The number of nitro groups is 1. The summed E-state index contributed by atoms with van der Waals surface area (Å²) in [6.45, 7) is 0.320. The Morgan fingerprint density at radius 3 is 2.02 bits per heavy atom. The summed E-state index contributed by atoms with van der Waals surface area (Å²) < 4.78 is 29.0. The number of nitrogens with zero attached hydrogens (tertiary/aromatic N) is 6. The van der Waals surface area contributed by atoms with Crippen molar-refractivity contribution in [1.29, 1.82) is 0 Å². The summed E-state index contributed by atoms with van der Waals surface area (Å²) in [7, 11) is -2.44. The molecule has 2 N–H and O–H groups in total. The number of phenolic OH excluding ortho intramolecular Hbond substituents is 1. The minimum absolute atomic E-state index is 0.0663. The predicted octanol–water partition coefficient (Wildman–Crippen LogP) is 6.59. The van der Waals surface area contributed by atoms with E-state index in [-0.39, 0.29) is 32.8 Å². The van der Waals surface area contributed by atoms with Crippen LogP contribution in [0.25, 0.3) is 5.69 Å². The topological polar surface area (TPSA) is 182 Å². The lowest BCUT2D eigenvalue weighted by Crippen LogP contribution is -2.28. The van der Waals surface area contributed by atoms with E-state index in [0.29, 0.717) is 18.7 Å². The van der Waals surface area contributed by atoms with E-state index in [9.17, 15) is 28.4 Å². The Labute approximate surface area is 268 Å². The molecule has 45 heavy (non-hydrogen) atoms. The maximum absolute atomic E-state index is 13.2. The third-order valence-corrected chi connectivity index (χ3v) is 10.3. The van der Waals surface area contributed by atoms with Crippen LogP contribution in [0.2, 0.25) is 0 Å².